The van der Waals surface area contributed by atoms with Gasteiger partial charge in [-0.05, 0) is 31.0 Å². The SMILES string of the molecule is CCN(CC)S(=O)(=O)c1cccc(NCC(=O)NC(=O)NC2CCCC2)c1. The number of hydrogen-bond acceptors (Lipinski definition) is 5. The van der Waals surface area contributed by atoms with Crippen molar-refractivity contribution in [2.24, 2.45) is 0 Å². The fraction of sp³-hybridized carbons (Fsp3) is 0.556. The monoisotopic (exact) mass is 396 g/mol. The van der Waals surface area contributed by atoms with E-state index in [1.165, 1.54) is 16.4 Å². The molecule has 0 radical (unpaired) electrons. The fourth-order valence-corrected chi connectivity index (χ4v) is 4.63. The average Bonchev–Trinajstić information content (AvgIpc) is 3.14. The summed E-state index contributed by atoms with van der Waals surface area (Å²) in [4.78, 5) is 23.9. The maximum atomic E-state index is 12.6. The molecule has 27 heavy (non-hydrogen) atoms. The standard InChI is InChI=1S/C18H28N4O4S/c1-3-22(4-2)27(25,26)16-11-7-10-15(12-16)19-13-17(23)21-18(24)20-14-8-5-6-9-14/h7,10-12,14,19H,3-6,8-9,13H2,1-2H3,(H2,20,21,23,24). The van der Waals surface area contributed by atoms with E-state index in [2.05, 4.69) is 16.0 Å². The minimum Gasteiger partial charge on any atom is -0.376 e. The zero-order chi connectivity index (χ0) is 19.9. The molecule has 150 valence electrons. The zero-order valence-corrected chi connectivity index (χ0v) is 16.6. The smallest absolute Gasteiger partial charge is 0.321 e. The molecule has 0 saturated heterocycles. The van der Waals surface area contributed by atoms with Gasteiger partial charge in [0.05, 0.1) is 11.4 Å². The van der Waals surface area contributed by atoms with Crippen LogP contribution in [0, 0.1) is 0 Å². The van der Waals surface area contributed by atoms with Crippen molar-refractivity contribution in [3.8, 4) is 0 Å². The highest BCUT2D eigenvalue weighted by molar-refractivity contribution is 7.89. The summed E-state index contributed by atoms with van der Waals surface area (Å²) in [5.74, 6) is -0.484. The molecule has 1 aliphatic carbocycles. The van der Waals surface area contributed by atoms with Crippen molar-refractivity contribution in [1.82, 2.24) is 14.9 Å². The molecule has 0 unspecified atom stereocenters. The van der Waals surface area contributed by atoms with E-state index in [0.29, 0.717) is 18.8 Å². The highest BCUT2D eigenvalue weighted by atomic mass is 32.2. The summed E-state index contributed by atoms with van der Waals surface area (Å²) in [6.07, 6.45) is 4.06. The van der Waals surface area contributed by atoms with E-state index in [4.69, 9.17) is 0 Å². The molecule has 0 spiro atoms. The number of nitrogens with one attached hydrogen (secondary N) is 3. The van der Waals surface area contributed by atoms with Crippen LogP contribution in [0.25, 0.3) is 0 Å². The summed E-state index contributed by atoms with van der Waals surface area (Å²) in [6.45, 7) is 4.20. The predicted octanol–water partition coefficient (Wildman–Crippen LogP) is 1.90. The van der Waals surface area contributed by atoms with Crippen LogP contribution in [-0.2, 0) is 14.8 Å². The molecule has 0 aliphatic heterocycles. The summed E-state index contributed by atoms with van der Waals surface area (Å²) >= 11 is 0. The van der Waals surface area contributed by atoms with Crippen LogP contribution in [0.5, 0.6) is 0 Å². The third-order valence-corrected chi connectivity index (χ3v) is 6.62. The van der Waals surface area contributed by atoms with Gasteiger partial charge in [-0.15, -0.1) is 0 Å². The first-order valence-corrected chi connectivity index (χ1v) is 10.7. The number of urea groups is 1. The van der Waals surface area contributed by atoms with Crippen LogP contribution in [0.1, 0.15) is 39.5 Å². The van der Waals surface area contributed by atoms with Gasteiger partial charge < -0.3 is 10.6 Å². The van der Waals surface area contributed by atoms with Gasteiger partial charge in [-0.3, -0.25) is 10.1 Å². The number of amides is 3. The minimum absolute atomic E-state index is 0.132. The number of carbonyl (C=O) groups is 2. The number of hydrogen-bond donors (Lipinski definition) is 3. The molecule has 1 aromatic carbocycles. The molecule has 1 aliphatic rings. The van der Waals surface area contributed by atoms with Crippen LogP contribution in [0.15, 0.2) is 29.2 Å². The Morgan fingerprint density at radius 3 is 2.44 bits per heavy atom. The topological polar surface area (TPSA) is 108 Å². The van der Waals surface area contributed by atoms with Crippen molar-refractivity contribution in [3.63, 3.8) is 0 Å². The molecule has 0 bridgehead atoms. The van der Waals surface area contributed by atoms with Crippen LogP contribution in [-0.4, -0.2) is 50.3 Å². The van der Waals surface area contributed by atoms with Crippen molar-refractivity contribution in [3.05, 3.63) is 24.3 Å². The van der Waals surface area contributed by atoms with Crippen LogP contribution >= 0.6 is 0 Å². The lowest BCUT2D eigenvalue weighted by molar-refractivity contribution is -0.118. The first-order chi connectivity index (χ1) is 12.9. The second-order valence-electron chi connectivity index (χ2n) is 6.47. The van der Waals surface area contributed by atoms with E-state index < -0.39 is 22.0 Å². The maximum absolute atomic E-state index is 12.6. The predicted molar refractivity (Wildman–Crippen MR) is 104 cm³/mol. The molecule has 0 aromatic heterocycles. The Morgan fingerprint density at radius 2 is 1.81 bits per heavy atom. The molecule has 9 heteroatoms. The van der Waals surface area contributed by atoms with Crippen LogP contribution in [0.2, 0.25) is 0 Å². The second kappa shape index (κ2) is 9.70. The van der Waals surface area contributed by atoms with Gasteiger partial charge in [0.15, 0.2) is 0 Å². The Hall–Kier alpha value is -2.13. The summed E-state index contributed by atoms with van der Waals surface area (Å²) in [6, 6.07) is 5.93. The van der Waals surface area contributed by atoms with E-state index in [9.17, 15) is 18.0 Å². The van der Waals surface area contributed by atoms with Crippen molar-refractivity contribution < 1.29 is 18.0 Å². The lowest BCUT2D eigenvalue weighted by atomic mass is 10.2. The zero-order valence-electron chi connectivity index (χ0n) is 15.8. The number of rotatable bonds is 8. The van der Waals surface area contributed by atoms with E-state index in [1.807, 2.05) is 0 Å². The lowest BCUT2D eigenvalue weighted by Crippen LogP contribution is -2.45. The van der Waals surface area contributed by atoms with Gasteiger partial charge in [-0.2, -0.15) is 4.31 Å². The van der Waals surface area contributed by atoms with Crippen molar-refractivity contribution in [2.45, 2.75) is 50.5 Å². The van der Waals surface area contributed by atoms with Gasteiger partial charge in [0.2, 0.25) is 15.9 Å². The Morgan fingerprint density at radius 1 is 1.15 bits per heavy atom. The minimum atomic E-state index is -3.57. The lowest BCUT2D eigenvalue weighted by Gasteiger charge is -2.19. The van der Waals surface area contributed by atoms with Gasteiger partial charge in [0.25, 0.3) is 0 Å². The van der Waals surface area contributed by atoms with Gasteiger partial charge in [-0.1, -0.05) is 32.8 Å². The van der Waals surface area contributed by atoms with Crippen LogP contribution in [0.4, 0.5) is 10.5 Å². The van der Waals surface area contributed by atoms with Gasteiger partial charge >= 0.3 is 6.03 Å². The maximum Gasteiger partial charge on any atom is 0.321 e. The summed E-state index contributed by atoms with van der Waals surface area (Å²) in [7, 11) is -3.57. The number of nitrogens with zero attached hydrogens (tertiary/aromatic N) is 1. The number of sulfonamides is 1. The molecule has 3 N–H and O–H groups in total. The van der Waals surface area contributed by atoms with E-state index >= 15 is 0 Å². The first kappa shape index (κ1) is 21.2. The normalized spacial score (nSPS) is 14.9. The molecule has 1 saturated carbocycles. The van der Waals surface area contributed by atoms with E-state index in [0.717, 1.165) is 25.7 Å². The second-order valence-corrected chi connectivity index (χ2v) is 8.41. The largest absolute Gasteiger partial charge is 0.376 e. The Bertz CT molecular complexity index is 756. The van der Waals surface area contributed by atoms with Crippen molar-refractivity contribution in [2.75, 3.05) is 25.0 Å². The molecular weight excluding hydrogens is 368 g/mol. The Balaban J connectivity index is 1.90. The molecule has 8 nitrogen and oxygen atoms in total. The molecule has 1 aromatic rings. The van der Waals surface area contributed by atoms with Crippen molar-refractivity contribution >= 4 is 27.6 Å². The van der Waals surface area contributed by atoms with Crippen molar-refractivity contribution in [1.29, 1.82) is 0 Å². The number of carbonyl (C=O) groups excluding carboxylic acids is 2. The van der Waals surface area contributed by atoms with Gasteiger partial charge in [0, 0.05) is 24.8 Å². The number of benzene rings is 1. The molecule has 3 amide bonds. The highest BCUT2D eigenvalue weighted by Crippen LogP contribution is 2.19. The third-order valence-electron chi connectivity index (χ3n) is 4.57. The Labute approximate surface area is 160 Å². The molecular formula is C18H28N4O4S. The summed E-state index contributed by atoms with van der Waals surface area (Å²) < 4.78 is 26.5. The van der Waals surface area contributed by atoms with Crippen LogP contribution in [0.3, 0.4) is 0 Å². The third kappa shape index (κ3) is 5.93. The highest BCUT2D eigenvalue weighted by Gasteiger charge is 2.22. The molecule has 2 rings (SSSR count). The number of imide groups is 1. The van der Waals surface area contributed by atoms with Gasteiger partial charge in [0.1, 0.15) is 0 Å². The molecule has 0 atom stereocenters. The number of anilines is 1. The summed E-state index contributed by atoms with van der Waals surface area (Å²) in [5, 5.41) is 7.92. The van der Waals surface area contributed by atoms with E-state index in [1.54, 1.807) is 26.0 Å². The van der Waals surface area contributed by atoms with Crippen LogP contribution < -0.4 is 16.0 Å². The van der Waals surface area contributed by atoms with Gasteiger partial charge in [-0.25, -0.2) is 13.2 Å². The molecule has 0 heterocycles. The van der Waals surface area contributed by atoms with E-state index in [-0.39, 0.29) is 17.5 Å². The summed E-state index contributed by atoms with van der Waals surface area (Å²) in [5.41, 5.74) is 0.495. The first-order valence-electron chi connectivity index (χ1n) is 9.31. The molecule has 1 fully saturated rings. The Kier molecular flexibility index (Phi) is 7.61. The fourth-order valence-electron chi connectivity index (χ4n) is 3.12. The average molecular weight is 397 g/mol. The quantitative estimate of drug-likeness (QED) is 0.622.